The maximum Gasteiger partial charge on any atom is 0.267 e. The van der Waals surface area contributed by atoms with Crippen molar-refractivity contribution in [1.29, 1.82) is 0 Å². The maximum atomic E-state index is 12.7. The van der Waals surface area contributed by atoms with Crippen LogP contribution in [0.2, 0.25) is 0 Å². The predicted molar refractivity (Wildman–Crippen MR) is 101 cm³/mol. The Hall–Kier alpha value is -2.01. The first-order valence-electron chi connectivity index (χ1n) is 9.27. The second kappa shape index (κ2) is 7.91. The summed E-state index contributed by atoms with van der Waals surface area (Å²) in [6.07, 6.45) is 3.55. The molecule has 136 valence electrons. The monoisotopic (exact) mass is 343 g/mol. The second-order valence-electron chi connectivity index (χ2n) is 6.98. The van der Waals surface area contributed by atoms with E-state index in [1.807, 2.05) is 35.9 Å². The van der Waals surface area contributed by atoms with Crippen LogP contribution in [0.25, 0.3) is 10.9 Å². The van der Waals surface area contributed by atoms with E-state index in [9.17, 15) is 4.79 Å². The topological polar surface area (TPSA) is 46.5 Å². The largest absolute Gasteiger partial charge is 0.496 e. The van der Waals surface area contributed by atoms with Gasteiger partial charge >= 0.3 is 0 Å². The molecule has 3 rings (SSSR count). The molecular formula is C20H29N3O2. The number of carbonyl (C=O) groups excluding carboxylic acids is 1. The molecule has 0 saturated carbocycles. The summed E-state index contributed by atoms with van der Waals surface area (Å²) in [5, 5.41) is 4.11. The Labute approximate surface area is 149 Å². The number of hydrogen-bond acceptors (Lipinski definition) is 3. The van der Waals surface area contributed by atoms with Gasteiger partial charge in [0.1, 0.15) is 11.4 Å². The van der Waals surface area contributed by atoms with Crippen LogP contribution in [-0.2, 0) is 7.05 Å². The summed E-state index contributed by atoms with van der Waals surface area (Å²) >= 11 is 0. The molecule has 1 N–H and O–H groups in total. The molecule has 1 aromatic carbocycles. The number of fused-ring (bicyclic) bond motifs is 1. The number of aryl methyl sites for hydroxylation is 1. The summed E-state index contributed by atoms with van der Waals surface area (Å²) < 4.78 is 7.35. The van der Waals surface area contributed by atoms with E-state index in [-0.39, 0.29) is 5.91 Å². The summed E-state index contributed by atoms with van der Waals surface area (Å²) in [5.41, 5.74) is 1.69. The van der Waals surface area contributed by atoms with Gasteiger partial charge in [-0.15, -0.1) is 0 Å². The van der Waals surface area contributed by atoms with Gasteiger partial charge in [0.25, 0.3) is 5.91 Å². The molecule has 0 bridgehead atoms. The van der Waals surface area contributed by atoms with E-state index in [4.69, 9.17) is 4.74 Å². The van der Waals surface area contributed by atoms with Gasteiger partial charge in [-0.1, -0.05) is 13.0 Å². The quantitative estimate of drug-likeness (QED) is 0.877. The second-order valence-corrected chi connectivity index (χ2v) is 6.98. The molecule has 1 amide bonds. The lowest BCUT2D eigenvalue weighted by atomic mass is 9.96. The first-order valence-corrected chi connectivity index (χ1v) is 9.27. The van der Waals surface area contributed by atoms with Crippen molar-refractivity contribution in [3.8, 4) is 5.75 Å². The van der Waals surface area contributed by atoms with Crippen molar-refractivity contribution in [2.24, 2.45) is 13.0 Å². The number of ether oxygens (including phenoxy) is 1. The zero-order valence-electron chi connectivity index (χ0n) is 15.5. The molecular weight excluding hydrogens is 314 g/mol. The van der Waals surface area contributed by atoms with Crippen LogP contribution >= 0.6 is 0 Å². The SMILES string of the molecule is CCCN1CCC(CNC(=O)c2cc3c(OC)cccc3n2C)CC1. The van der Waals surface area contributed by atoms with E-state index in [0.717, 1.165) is 36.3 Å². The Morgan fingerprint density at radius 1 is 1.32 bits per heavy atom. The number of methoxy groups -OCH3 is 1. The number of carbonyl (C=O) groups is 1. The standard InChI is InChI=1S/C20H29N3O2/c1-4-10-23-11-8-15(9-12-23)14-21-20(24)18-13-16-17(22(18)2)6-5-7-19(16)25-3/h5-7,13,15H,4,8-12,14H2,1-3H3,(H,21,24). The lowest BCUT2D eigenvalue weighted by Gasteiger charge is -2.31. The highest BCUT2D eigenvalue weighted by atomic mass is 16.5. The molecule has 0 atom stereocenters. The van der Waals surface area contributed by atoms with Crippen molar-refractivity contribution >= 4 is 16.8 Å². The summed E-state index contributed by atoms with van der Waals surface area (Å²) in [6.45, 7) is 6.48. The van der Waals surface area contributed by atoms with Crippen molar-refractivity contribution in [2.75, 3.05) is 33.3 Å². The smallest absolute Gasteiger partial charge is 0.267 e. The average Bonchev–Trinajstić information content (AvgIpc) is 2.98. The number of hydrogen-bond donors (Lipinski definition) is 1. The third kappa shape index (κ3) is 3.82. The van der Waals surface area contributed by atoms with Gasteiger partial charge in [0, 0.05) is 19.0 Å². The molecule has 1 aromatic heterocycles. The van der Waals surface area contributed by atoms with Crippen LogP contribution in [0.5, 0.6) is 5.75 Å². The van der Waals surface area contributed by atoms with Crippen LogP contribution in [0.3, 0.4) is 0 Å². The van der Waals surface area contributed by atoms with Gasteiger partial charge in [0.05, 0.1) is 12.6 Å². The fourth-order valence-electron chi connectivity index (χ4n) is 3.79. The van der Waals surface area contributed by atoms with Crippen molar-refractivity contribution in [3.05, 3.63) is 30.0 Å². The Balaban J connectivity index is 1.62. The van der Waals surface area contributed by atoms with Gasteiger partial charge in [-0.3, -0.25) is 4.79 Å². The minimum atomic E-state index is -0.00302. The summed E-state index contributed by atoms with van der Waals surface area (Å²) in [6, 6.07) is 7.81. The van der Waals surface area contributed by atoms with E-state index >= 15 is 0 Å². The van der Waals surface area contributed by atoms with Crippen LogP contribution in [0.1, 0.15) is 36.7 Å². The van der Waals surface area contributed by atoms with Gasteiger partial charge in [0.2, 0.25) is 0 Å². The zero-order valence-corrected chi connectivity index (χ0v) is 15.5. The molecule has 0 spiro atoms. The molecule has 0 unspecified atom stereocenters. The summed E-state index contributed by atoms with van der Waals surface area (Å²) in [7, 11) is 3.59. The van der Waals surface area contributed by atoms with Crippen molar-refractivity contribution < 1.29 is 9.53 Å². The maximum absolute atomic E-state index is 12.7. The highest BCUT2D eigenvalue weighted by Crippen LogP contribution is 2.28. The van der Waals surface area contributed by atoms with Crippen LogP contribution in [0, 0.1) is 5.92 Å². The number of nitrogens with zero attached hydrogens (tertiary/aromatic N) is 2. The summed E-state index contributed by atoms with van der Waals surface area (Å²) in [5.74, 6) is 1.38. The first-order chi connectivity index (χ1) is 12.1. The molecule has 2 aromatic rings. The third-order valence-electron chi connectivity index (χ3n) is 5.30. The van der Waals surface area contributed by atoms with Crippen LogP contribution in [0.15, 0.2) is 24.3 Å². The average molecular weight is 343 g/mol. The summed E-state index contributed by atoms with van der Waals surface area (Å²) in [4.78, 5) is 15.2. The van der Waals surface area contributed by atoms with Gasteiger partial charge in [0.15, 0.2) is 0 Å². The minimum absolute atomic E-state index is 0.00302. The van der Waals surface area contributed by atoms with Crippen molar-refractivity contribution in [2.45, 2.75) is 26.2 Å². The van der Waals surface area contributed by atoms with E-state index < -0.39 is 0 Å². The zero-order chi connectivity index (χ0) is 17.8. The van der Waals surface area contributed by atoms with E-state index in [1.54, 1.807) is 7.11 Å². The number of likely N-dealkylation sites (tertiary alicyclic amines) is 1. The number of aromatic nitrogens is 1. The van der Waals surface area contributed by atoms with Crippen LogP contribution in [-0.4, -0.2) is 48.7 Å². The molecule has 1 aliphatic heterocycles. The molecule has 25 heavy (non-hydrogen) atoms. The number of benzene rings is 1. The van der Waals surface area contributed by atoms with E-state index in [0.29, 0.717) is 11.6 Å². The molecule has 2 heterocycles. The molecule has 5 nitrogen and oxygen atoms in total. The first kappa shape index (κ1) is 17.8. The number of nitrogens with one attached hydrogen (secondary N) is 1. The lowest BCUT2D eigenvalue weighted by molar-refractivity contribution is 0.0928. The van der Waals surface area contributed by atoms with Crippen molar-refractivity contribution in [1.82, 2.24) is 14.8 Å². The van der Waals surface area contributed by atoms with Crippen LogP contribution in [0.4, 0.5) is 0 Å². The number of piperidine rings is 1. The molecule has 1 saturated heterocycles. The molecule has 0 aliphatic carbocycles. The minimum Gasteiger partial charge on any atom is -0.496 e. The Morgan fingerprint density at radius 3 is 2.76 bits per heavy atom. The highest BCUT2D eigenvalue weighted by molar-refractivity contribution is 6.00. The lowest BCUT2D eigenvalue weighted by Crippen LogP contribution is -2.39. The Morgan fingerprint density at radius 2 is 2.08 bits per heavy atom. The van der Waals surface area contributed by atoms with Gasteiger partial charge in [-0.25, -0.2) is 0 Å². The molecule has 1 fully saturated rings. The normalized spacial score (nSPS) is 16.3. The Bertz CT molecular complexity index is 730. The van der Waals surface area contributed by atoms with Crippen LogP contribution < -0.4 is 10.1 Å². The molecule has 0 radical (unpaired) electrons. The van der Waals surface area contributed by atoms with E-state index in [1.165, 1.54) is 25.8 Å². The fourth-order valence-corrected chi connectivity index (χ4v) is 3.79. The number of rotatable bonds is 6. The van der Waals surface area contributed by atoms with Gasteiger partial charge in [-0.2, -0.15) is 0 Å². The fraction of sp³-hybridized carbons (Fsp3) is 0.550. The molecule has 5 heteroatoms. The third-order valence-corrected chi connectivity index (χ3v) is 5.30. The van der Waals surface area contributed by atoms with Gasteiger partial charge < -0.3 is 19.5 Å². The Kier molecular flexibility index (Phi) is 5.63. The van der Waals surface area contributed by atoms with Crippen molar-refractivity contribution in [3.63, 3.8) is 0 Å². The number of amides is 1. The highest BCUT2D eigenvalue weighted by Gasteiger charge is 2.20. The molecule has 1 aliphatic rings. The predicted octanol–water partition coefficient (Wildman–Crippen LogP) is 3.04. The van der Waals surface area contributed by atoms with E-state index in [2.05, 4.69) is 17.1 Å². The van der Waals surface area contributed by atoms with Gasteiger partial charge in [-0.05, 0) is 63.0 Å².